The van der Waals surface area contributed by atoms with E-state index in [0.29, 0.717) is 0 Å². The molecule has 1 saturated heterocycles. The van der Waals surface area contributed by atoms with Gasteiger partial charge in [-0.15, -0.1) is 0 Å². The second-order valence-electron chi connectivity index (χ2n) is 5.70. The van der Waals surface area contributed by atoms with E-state index in [1.54, 1.807) is 7.11 Å². The molecule has 22 heavy (non-hydrogen) atoms. The van der Waals surface area contributed by atoms with Crippen LogP contribution >= 0.6 is 0 Å². The van der Waals surface area contributed by atoms with E-state index in [-0.39, 0.29) is 5.92 Å². The van der Waals surface area contributed by atoms with Crippen LogP contribution in [0, 0.1) is 17.2 Å². The number of methoxy groups -OCH3 is 1. The van der Waals surface area contributed by atoms with Gasteiger partial charge in [0.05, 0.1) is 31.0 Å². The summed E-state index contributed by atoms with van der Waals surface area (Å²) in [6, 6.07) is 10.4. The molecule has 0 spiro atoms. The van der Waals surface area contributed by atoms with E-state index in [4.69, 9.17) is 10.00 Å². The van der Waals surface area contributed by atoms with E-state index >= 15 is 0 Å². The standard InChI is InChI=1S/C17H20N4O/c1-22-16-6-4-14(5-7-16)17-15(10-19-20-17)12-21-8-2-3-13(9-18)11-21/h4-7,10,13H,2-3,8,11-12H2,1H3,(H,19,20). The molecule has 5 heteroatoms. The number of nitriles is 1. The Morgan fingerprint density at radius 3 is 2.95 bits per heavy atom. The number of likely N-dealkylation sites (tertiary alicyclic amines) is 1. The van der Waals surface area contributed by atoms with Crippen LogP contribution < -0.4 is 4.74 Å². The van der Waals surface area contributed by atoms with E-state index < -0.39 is 0 Å². The van der Waals surface area contributed by atoms with Crippen molar-refractivity contribution in [3.63, 3.8) is 0 Å². The first kappa shape index (κ1) is 14.6. The predicted octanol–water partition coefficient (Wildman–Crippen LogP) is 2.82. The van der Waals surface area contributed by atoms with Gasteiger partial charge in [0.2, 0.25) is 0 Å². The molecule has 2 aromatic rings. The summed E-state index contributed by atoms with van der Waals surface area (Å²) in [6.07, 6.45) is 3.99. The fourth-order valence-electron chi connectivity index (χ4n) is 2.98. The summed E-state index contributed by atoms with van der Waals surface area (Å²) in [5.74, 6) is 1.00. The number of aromatic nitrogens is 2. The van der Waals surface area contributed by atoms with Crippen LogP contribution in [-0.4, -0.2) is 35.3 Å². The molecule has 1 fully saturated rings. The first-order chi connectivity index (χ1) is 10.8. The Hall–Kier alpha value is -2.32. The molecular formula is C17H20N4O. The molecule has 1 N–H and O–H groups in total. The monoisotopic (exact) mass is 296 g/mol. The van der Waals surface area contributed by atoms with E-state index in [0.717, 1.165) is 49.5 Å². The molecule has 0 bridgehead atoms. The van der Waals surface area contributed by atoms with Crippen LogP contribution in [0.25, 0.3) is 11.3 Å². The Kier molecular flexibility index (Phi) is 4.40. The van der Waals surface area contributed by atoms with Gasteiger partial charge in [-0.05, 0) is 43.7 Å². The van der Waals surface area contributed by atoms with Gasteiger partial charge in [0.25, 0.3) is 0 Å². The van der Waals surface area contributed by atoms with Gasteiger partial charge in [-0.25, -0.2) is 0 Å². The minimum Gasteiger partial charge on any atom is -0.497 e. The number of ether oxygens (including phenoxy) is 1. The summed E-state index contributed by atoms with van der Waals surface area (Å²) < 4.78 is 5.20. The lowest BCUT2D eigenvalue weighted by Crippen LogP contribution is -2.34. The van der Waals surface area contributed by atoms with Gasteiger partial charge in [-0.1, -0.05) is 0 Å². The first-order valence-corrected chi connectivity index (χ1v) is 7.59. The van der Waals surface area contributed by atoms with Gasteiger partial charge in [0, 0.05) is 24.2 Å². The lowest BCUT2D eigenvalue weighted by Gasteiger charge is -2.29. The van der Waals surface area contributed by atoms with Crippen LogP contribution in [0.1, 0.15) is 18.4 Å². The number of nitrogens with one attached hydrogen (secondary N) is 1. The smallest absolute Gasteiger partial charge is 0.118 e. The molecular weight excluding hydrogens is 276 g/mol. The zero-order chi connectivity index (χ0) is 15.4. The Bertz CT molecular complexity index is 656. The van der Waals surface area contributed by atoms with Gasteiger partial charge >= 0.3 is 0 Å². The zero-order valence-corrected chi connectivity index (χ0v) is 12.7. The highest BCUT2D eigenvalue weighted by atomic mass is 16.5. The normalized spacial score (nSPS) is 18.8. The number of nitrogens with zero attached hydrogens (tertiary/aromatic N) is 3. The largest absolute Gasteiger partial charge is 0.497 e. The van der Waals surface area contributed by atoms with Crippen molar-refractivity contribution in [2.75, 3.05) is 20.2 Å². The molecule has 1 unspecified atom stereocenters. The van der Waals surface area contributed by atoms with Crippen molar-refractivity contribution in [3.8, 4) is 23.1 Å². The summed E-state index contributed by atoms with van der Waals surface area (Å²) in [4.78, 5) is 2.34. The molecule has 0 radical (unpaired) electrons. The van der Waals surface area contributed by atoms with Gasteiger partial charge in [0.15, 0.2) is 0 Å². The van der Waals surface area contributed by atoms with Crippen molar-refractivity contribution in [1.82, 2.24) is 15.1 Å². The number of hydrogen-bond acceptors (Lipinski definition) is 4. The van der Waals surface area contributed by atoms with E-state index in [1.807, 2.05) is 30.5 Å². The average molecular weight is 296 g/mol. The number of rotatable bonds is 4. The van der Waals surface area contributed by atoms with Gasteiger partial charge in [-0.2, -0.15) is 10.4 Å². The molecule has 0 aliphatic carbocycles. The highest BCUT2D eigenvalue weighted by Gasteiger charge is 2.21. The van der Waals surface area contributed by atoms with Crippen LogP contribution in [0.2, 0.25) is 0 Å². The van der Waals surface area contributed by atoms with Crippen molar-refractivity contribution >= 4 is 0 Å². The predicted molar refractivity (Wildman–Crippen MR) is 84.2 cm³/mol. The maximum Gasteiger partial charge on any atom is 0.118 e. The van der Waals surface area contributed by atoms with Crippen LogP contribution in [0.4, 0.5) is 0 Å². The van der Waals surface area contributed by atoms with Crippen LogP contribution in [0.3, 0.4) is 0 Å². The lowest BCUT2D eigenvalue weighted by molar-refractivity contribution is 0.192. The quantitative estimate of drug-likeness (QED) is 0.942. The highest BCUT2D eigenvalue weighted by Crippen LogP contribution is 2.26. The fraction of sp³-hybridized carbons (Fsp3) is 0.412. The Morgan fingerprint density at radius 2 is 2.23 bits per heavy atom. The summed E-state index contributed by atoms with van der Waals surface area (Å²) >= 11 is 0. The second-order valence-corrected chi connectivity index (χ2v) is 5.70. The third-order valence-electron chi connectivity index (χ3n) is 4.18. The average Bonchev–Trinajstić information content (AvgIpc) is 3.03. The first-order valence-electron chi connectivity index (χ1n) is 7.59. The molecule has 1 aliphatic heterocycles. The Balaban J connectivity index is 1.75. The number of piperidine rings is 1. The topological polar surface area (TPSA) is 64.9 Å². The minimum atomic E-state index is 0.157. The zero-order valence-electron chi connectivity index (χ0n) is 12.7. The second kappa shape index (κ2) is 6.63. The van der Waals surface area contributed by atoms with Crippen molar-refractivity contribution in [2.24, 2.45) is 5.92 Å². The fourth-order valence-corrected chi connectivity index (χ4v) is 2.98. The minimum absolute atomic E-state index is 0.157. The molecule has 0 amide bonds. The number of H-pyrrole nitrogens is 1. The highest BCUT2D eigenvalue weighted by molar-refractivity contribution is 5.63. The van der Waals surface area contributed by atoms with E-state index in [9.17, 15) is 0 Å². The SMILES string of the molecule is COc1ccc(-c2[nH]ncc2CN2CCCC(C#N)C2)cc1. The lowest BCUT2D eigenvalue weighted by atomic mass is 9.99. The molecule has 3 rings (SSSR count). The molecule has 114 valence electrons. The Labute approximate surface area is 130 Å². The number of benzene rings is 1. The van der Waals surface area contributed by atoms with Crippen molar-refractivity contribution in [2.45, 2.75) is 19.4 Å². The Morgan fingerprint density at radius 1 is 1.41 bits per heavy atom. The van der Waals surface area contributed by atoms with Crippen molar-refractivity contribution < 1.29 is 4.74 Å². The molecule has 5 nitrogen and oxygen atoms in total. The van der Waals surface area contributed by atoms with Gasteiger partial charge < -0.3 is 4.74 Å². The maximum atomic E-state index is 9.11. The van der Waals surface area contributed by atoms with Crippen molar-refractivity contribution in [3.05, 3.63) is 36.0 Å². The molecule has 1 aromatic heterocycles. The third-order valence-corrected chi connectivity index (χ3v) is 4.18. The van der Waals surface area contributed by atoms with E-state index in [1.165, 1.54) is 5.56 Å². The summed E-state index contributed by atoms with van der Waals surface area (Å²) in [5, 5.41) is 16.4. The van der Waals surface area contributed by atoms with Crippen LogP contribution in [-0.2, 0) is 6.54 Å². The molecule has 1 aliphatic rings. The number of hydrogen-bond donors (Lipinski definition) is 1. The third kappa shape index (κ3) is 3.12. The summed E-state index contributed by atoms with van der Waals surface area (Å²) in [7, 11) is 1.67. The van der Waals surface area contributed by atoms with Crippen LogP contribution in [0.5, 0.6) is 5.75 Å². The summed E-state index contributed by atoms with van der Waals surface area (Å²) in [5.41, 5.74) is 3.31. The van der Waals surface area contributed by atoms with Crippen LogP contribution in [0.15, 0.2) is 30.5 Å². The summed E-state index contributed by atoms with van der Waals surface area (Å²) in [6.45, 7) is 2.73. The van der Waals surface area contributed by atoms with Gasteiger partial charge in [-0.3, -0.25) is 10.00 Å². The number of aromatic amines is 1. The molecule has 1 atom stereocenters. The molecule has 1 aromatic carbocycles. The van der Waals surface area contributed by atoms with Gasteiger partial charge in [0.1, 0.15) is 5.75 Å². The maximum absolute atomic E-state index is 9.11. The van der Waals surface area contributed by atoms with E-state index in [2.05, 4.69) is 21.2 Å². The van der Waals surface area contributed by atoms with Crippen molar-refractivity contribution in [1.29, 1.82) is 5.26 Å². The molecule has 2 heterocycles. The molecule has 0 saturated carbocycles.